The normalized spacial score (nSPS) is 16.1. The third kappa shape index (κ3) is 4.84. The molecule has 0 amide bonds. The Balaban J connectivity index is 2.10. The second kappa shape index (κ2) is 7.97. The van der Waals surface area contributed by atoms with Gasteiger partial charge in [0.15, 0.2) is 0 Å². The summed E-state index contributed by atoms with van der Waals surface area (Å²) in [5, 5.41) is 19.1. The monoisotopic (exact) mass is 289 g/mol. The Bertz CT molecular complexity index is 431. The van der Waals surface area contributed by atoms with E-state index in [-0.39, 0.29) is 0 Å². The molecule has 1 aliphatic carbocycles. The molecule has 2 N–H and O–H groups in total. The standard InChI is InChI=1S/C17H28BNO2/c1-14(2)11-12-19(16-8-4-5-9-16)13-15-7-3-6-10-17(15)18(20)21/h3,6-7,10,14,16,20-21H,4-5,8-9,11-13H2,1-2H3. The Labute approximate surface area is 129 Å². The first-order valence-corrected chi connectivity index (χ1v) is 8.26. The van der Waals surface area contributed by atoms with E-state index in [2.05, 4.69) is 18.7 Å². The number of hydrogen-bond acceptors (Lipinski definition) is 3. The average molecular weight is 289 g/mol. The molecule has 1 saturated carbocycles. The molecule has 1 aromatic carbocycles. The molecule has 1 aromatic rings. The van der Waals surface area contributed by atoms with E-state index in [1.54, 1.807) is 0 Å². The lowest BCUT2D eigenvalue weighted by atomic mass is 9.77. The highest BCUT2D eigenvalue weighted by atomic mass is 16.4. The van der Waals surface area contributed by atoms with Crippen LogP contribution in [0.5, 0.6) is 0 Å². The molecule has 0 aliphatic heterocycles. The van der Waals surface area contributed by atoms with Gasteiger partial charge in [0, 0.05) is 12.6 Å². The summed E-state index contributed by atoms with van der Waals surface area (Å²) in [6.45, 7) is 6.44. The van der Waals surface area contributed by atoms with Crippen LogP contribution in [0.4, 0.5) is 0 Å². The highest BCUT2D eigenvalue weighted by Crippen LogP contribution is 2.25. The summed E-state index contributed by atoms with van der Waals surface area (Å²) in [5.41, 5.74) is 1.69. The summed E-state index contributed by atoms with van der Waals surface area (Å²) in [6.07, 6.45) is 6.41. The van der Waals surface area contributed by atoms with Gasteiger partial charge in [-0.2, -0.15) is 0 Å². The van der Waals surface area contributed by atoms with Crippen LogP contribution in [0, 0.1) is 5.92 Å². The van der Waals surface area contributed by atoms with Gasteiger partial charge < -0.3 is 10.0 Å². The summed E-state index contributed by atoms with van der Waals surface area (Å²) >= 11 is 0. The number of rotatable bonds is 7. The van der Waals surface area contributed by atoms with Crippen molar-refractivity contribution in [1.29, 1.82) is 0 Å². The lowest BCUT2D eigenvalue weighted by Crippen LogP contribution is -2.39. The lowest BCUT2D eigenvalue weighted by Gasteiger charge is -2.30. The molecule has 21 heavy (non-hydrogen) atoms. The maximum atomic E-state index is 9.54. The largest absolute Gasteiger partial charge is 0.488 e. The zero-order valence-electron chi connectivity index (χ0n) is 13.3. The molecule has 2 rings (SSSR count). The molecule has 0 saturated heterocycles. The van der Waals surface area contributed by atoms with Crippen molar-refractivity contribution >= 4 is 12.6 Å². The van der Waals surface area contributed by atoms with E-state index in [1.165, 1.54) is 32.1 Å². The van der Waals surface area contributed by atoms with E-state index in [1.807, 2.05) is 24.3 Å². The third-order valence-corrected chi connectivity index (χ3v) is 4.54. The first-order chi connectivity index (χ1) is 10.1. The molecule has 0 bridgehead atoms. The molecule has 1 fully saturated rings. The van der Waals surface area contributed by atoms with E-state index < -0.39 is 7.12 Å². The molecule has 0 spiro atoms. The highest BCUT2D eigenvalue weighted by Gasteiger charge is 2.24. The van der Waals surface area contributed by atoms with Crippen molar-refractivity contribution in [2.75, 3.05) is 6.54 Å². The molecule has 0 radical (unpaired) electrons. The van der Waals surface area contributed by atoms with E-state index in [0.29, 0.717) is 17.4 Å². The smallest absolute Gasteiger partial charge is 0.423 e. The fourth-order valence-corrected chi connectivity index (χ4v) is 3.23. The van der Waals surface area contributed by atoms with Gasteiger partial charge in [-0.1, -0.05) is 51.0 Å². The zero-order chi connectivity index (χ0) is 15.2. The molecule has 0 atom stereocenters. The van der Waals surface area contributed by atoms with Crippen molar-refractivity contribution in [3.8, 4) is 0 Å². The fourth-order valence-electron chi connectivity index (χ4n) is 3.23. The van der Waals surface area contributed by atoms with Crippen LogP contribution < -0.4 is 5.46 Å². The second-order valence-corrected chi connectivity index (χ2v) is 6.66. The van der Waals surface area contributed by atoms with E-state index in [4.69, 9.17) is 0 Å². The number of benzene rings is 1. The molecular formula is C17H28BNO2. The highest BCUT2D eigenvalue weighted by molar-refractivity contribution is 6.59. The maximum Gasteiger partial charge on any atom is 0.488 e. The molecular weight excluding hydrogens is 261 g/mol. The Kier molecular flexibility index (Phi) is 6.28. The van der Waals surface area contributed by atoms with Crippen LogP contribution in [-0.2, 0) is 6.54 Å². The molecule has 4 heteroatoms. The zero-order valence-corrected chi connectivity index (χ0v) is 13.3. The van der Waals surface area contributed by atoms with Crippen molar-refractivity contribution in [3.05, 3.63) is 29.8 Å². The molecule has 0 unspecified atom stereocenters. The van der Waals surface area contributed by atoms with Crippen LogP contribution in [0.25, 0.3) is 0 Å². The van der Waals surface area contributed by atoms with E-state index >= 15 is 0 Å². The van der Waals surface area contributed by atoms with Crippen LogP contribution in [0.3, 0.4) is 0 Å². The van der Waals surface area contributed by atoms with Crippen LogP contribution in [0.2, 0.25) is 0 Å². The van der Waals surface area contributed by atoms with Crippen LogP contribution in [0.15, 0.2) is 24.3 Å². The van der Waals surface area contributed by atoms with Crippen molar-refractivity contribution in [2.24, 2.45) is 5.92 Å². The summed E-state index contributed by atoms with van der Waals surface area (Å²) in [4.78, 5) is 2.55. The van der Waals surface area contributed by atoms with Crippen LogP contribution in [0.1, 0.15) is 51.5 Å². The van der Waals surface area contributed by atoms with Gasteiger partial charge >= 0.3 is 7.12 Å². The predicted molar refractivity (Wildman–Crippen MR) is 88.4 cm³/mol. The van der Waals surface area contributed by atoms with Crippen molar-refractivity contribution in [2.45, 2.75) is 58.5 Å². The van der Waals surface area contributed by atoms with Crippen molar-refractivity contribution in [1.82, 2.24) is 4.90 Å². The molecule has 3 nitrogen and oxygen atoms in total. The lowest BCUT2D eigenvalue weighted by molar-refractivity contribution is 0.180. The quantitative estimate of drug-likeness (QED) is 0.756. The average Bonchev–Trinajstić information content (AvgIpc) is 2.97. The Morgan fingerprint density at radius 1 is 1.19 bits per heavy atom. The maximum absolute atomic E-state index is 9.54. The van der Waals surface area contributed by atoms with Crippen molar-refractivity contribution in [3.63, 3.8) is 0 Å². The van der Waals surface area contributed by atoms with Gasteiger partial charge in [0.05, 0.1) is 0 Å². The predicted octanol–water partition coefficient (Wildman–Crippen LogP) is 2.16. The Hall–Kier alpha value is -0.835. The molecule has 0 heterocycles. The second-order valence-electron chi connectivity index (χ2n) is 6.66. The Morgan fingerprint density at radius 2 is 1.86 bits per heavy atom. The number of nitrogens with zero attached hydrogens (tertiary/aromatic N) is 1. The summed E-state index contributed by atoms with van der Waals surface area (Å²) < 4.78 is 0. The van der Waals surface area contributed by atoms with E-state index in [0.717, 1.165) is 18.7 Å². The first-order valence-electron chi connectivity index (χ1n) is 8.26. The van der Waals surface area contributed by atoms with Gasteiger partial charge in [0.25, 0.3) is 0 Å². The van der Waals surface area contributed by atoms with Crippen molar-refractivity contribution < 1.29 is 10.0 Å². The number of hydrogen-bond donors (Lipinski definition) is 2. The summed E-state index contributed by atoms with van der Waals surface area (Å²) in [6, 6.07) is 8.34. The molecule has 116 valence electrons. The van der Waals surface area contributed by atoms with Gasteiger partial charge in [-0.15, -0.1) is 0 Å². The van der Waals surface area contributed by atoms with Gasteiger partial charge in [-0.3, -0.25) is 4.90 Å². The summed E-state index contributed by atoms with van der Waals surface area (Å²) in [7, 11) is -1.38. The van der Waals surface area contributed by atoms with Gasteiger partial charge in [0.2, 0.25) is 0 Å². The third-order valence-electron chi connectivity index (χ3n) is 4.54. The van der Waals surface area contributed by atoms with Gasteiger partial charge in [0.1, 0.15) is 0 Å². The minimum Gasteiger partial charge on any atom is -0.423 e. The van der Waals surface area contributed by atoms with Crippen LogP contribution in [-0.4, -0.2) is 34.7 Å². The molecule has 0 aromatic heterocycles. The van der Waals surface area contributed by atoms with Gasteiger partial charge in [-0.05, 0) is 42.8 Å². The van der Waals surface area contributed by atoms with Gasteiger partial charge in [-0.25, -0.2) is 0 Å². The topological polar surface area (TPSA) is 43.7 Å². The van der Waals surface area contributed by atoms with Crippen LogP contribution >= 0.6 is 0 Å². The fraction of sp³-hybridized carbons (Fsp3) is 0.647. The minimum absolute atomic E-state index is 0.644. The summed E-state index contributed by atoms with van der Waals surface area (Å²) in [5.74, 6) is 0.701. The molecule has 1 aliphatic rings. The Morgan fingerprint density at radius 3 is 2.48 bits per heavy atom. The minimum atomic E-state index is -1.38. The first kappa shape index (κ1) is 16.5. The van der Waals surface area contributed by atoms with E-state index in [9.17, 15) is 10.0 Å². The SMILES string of the molecule is CC(C)CCN(Cc1ccccc1B(O)O)C1CCCC1.